The van der Waals surface area contributed by atoms with E-state index in [1.807, 2.05) is 12.2 Å². The van der Waals surface area contributed by atoms with E-state index in [9.17, 15) is 40.8 Å². The monoisotopic (exact) mass is 906 g/mol. The number of allylic oxidation sites excluding steroid dienone is 1. The van der Waals surface area contributed by atoms with Gasteiger partial charge in [0.1, 0.15) is 40.9 Å². The minimum atomic E-state index is -4.57. The van der Waals surface area contributed by atoms with E-state index in [0.717, 1.165) is 31.4 Å². The zero-order chi connectivity index (χ0) is 45.0. The van der Waals surface area contributed by atoms with Crippen molar-refractivity contribution in [3.63, 3.8) is 0 Å². The number of benzene rings is 2. The summed E-state index contributed by atoms with van der Waals surface area (Å²) >= 11 is 0. The van der Waals surface area contributed by atoms with Crippen molar-refractivity contribution in [2.45, 2.75) is 131 Å². The molecule has 9 rings (SSSR count). The molecule has 0 radical (unpaired) electrons. The number of carbonyl (C=O) groups excluding carboxylic acids is 4. The molecule has 4 fully saturated rings. The minimum Gasteiger partial charge on any atom is -0.470 e. The molecule has 0 spiro atoms. The van der Waals surface area contributed by atoms with Gasteiger partial charge in [0.2, 0.25) is 27.4 Å². The number of carbonyl (C=O) groups is 4. The molecule has 3 N–H and O–H groups in total. The number of fused-ring (bicyclic) bond motifs is 5. The van der Waals surface area contributed by atoms with Crippen LogP contribution in [-0.2, 0) is 35.3 Å². The third-order valence-corrected chi connectivity index (χ3v) is 15.4. The van der Waals surface area contributed by atoms with Gasteiger partial charge in [-0.15, -0.1) is 0 Å². The quantitative estimate of drug-likeness (QED) is 0.157. The Kier molecular flexibility index (Phi) is 11.3. The maximum absolute atomic E-state index is 14.8. The number of alkyl halides is 3. The SMILES string of the molecule is CC1(S(=O)(=O)NC(=O)[C@@]23C[C@H]2/C=C\CCCCC[C@H](NC(=O)OC2CCCC2)C(=O)N2C[C@@H](Oc4nc(-c5ccc(C(F)(F)F)cc5)nc5c4oc4ccccc45)C[C@H]2C(=O)N3)CC1. The smallest absolute Gasteiger partial charge is 0.416 e. The van der Waals surface area contributed by atoms with Crippen molar-refractivity contribution in [3.05, 3.63) is 66.2 Å². The highest BCUT2D eigenvalue weighted by Crippen LogP contribution is 2.48. The fourth-order valence-corrected chi connectivity index (χ4v) is 10.3. The zero-order valence-corrected chi connectivity index (χ0v) is 35.9. The average molecular weight is 907 g/mol. The number of halogens is 3. The molecule has 3 saturated carbocycles. The van der Waals surface area contributed by atoms with Gasteiger partial charge in [-0.25, -0.2) is 18.2 Å². The van der Waals surface area contributed by atoms with Gasteiger partial charge in [0.15, 0.2) is 5.82 Å². The molecule has 2 aliphatic heterocycles. The van der Waals surface area contributed by atoms with Crippen LogP contribution < -0.4 is 20.1 Å². The van der Waals surface area contributed by atoms with E-state index in [-0.39, 0.29) is 54.8 Å². The molecule has 1 saturated heterocycles. The summed E-state index contributed by atoms with van der Waals surface area (Å²) in [6.45, 7) is 1.36. The molecule has 19 heteroatoms. The molecule has 4 aromatic rings. The van der Waals surface area contributed by atoms with Crippen molar-refractivity contribution in [3.8, 4) is 17.3 Å². The van der Waals surface area contributed by atoms with Crippen LogP contribution in [0.4, 0.5) is 18.0 Å². The summed E-state index contributed by atoms with van der Waals surface area (Å²) < 4.78 is 86.5. The first-order valence-electron chi connectivity index (χ1n) is 21.9. The van der Waals surface area contributed by atoms with Crippen LogP contribution in [0, 0.1) is 5.92 Å². The molecule has 3 aliphatic carbocycles. The first-order chi connectivity index (χ1) is 30.5. The largest absolute Gasteiger partial charge is 0.470 e. The number of ether oxygens (including phenoxy) is 2. The van der Waals surface area contributed by atoms with Crippen LogP contribution in [0.25, 0.3) is 33.5 Å². The van der Waals surface area contributed by atoms with Gasteiger partial charge >= 0.3 is 12.3 Å². The molecule has 4 heterocycles. The number of hydrogen-bond acceptors (Lipinski definition) is 11. The Bertz CT molecular complexity index is 2630. The maximum Gasteiger partial charge on any atom is 0.416 e. The highest BCUT2D eigenvalue weighted by atomic mass is 32.2. The molecule has 2 aromatic carbocycles. The number of amides is 4. The molecule has 340 valence electrons. The van der Waals surface area contributed by atoms with Crippen LogP contribution in [0.1, 0.15) is 96.0 Å². The van der Waals surface area contributed by atoms with Crippen molar-refractivity contribution < 1.29 is 54.7 Å². The molecular formula is C45H49F3N6O9S. The molecule has 5 atom stereocenters. The number of nitrogens with zero attached hydrogens (tertiary/aromatic N) is 3. The zero-order valence-electron chi connectivity index (χ0n) is 35.1. The van der Waals surface area contributed by atoms with Crippen LogP contribution in [0.2, 0.25) is 0 Å². The van der Waals surface area contributed by atoms with Crippen molar-refractivity contribution in [1.82, 2.24) is 30.2 Å². The van der Waals surface area contributed by atoms with Crippen LogP contribution >= 0.6 is 0 Å². The Balaban J connectivity index is 1.06. The van der Waals surface area contributed by atoms with Crippen molar-refractivity contribution >= 4 is 55.9 Å². The van der Waals surface area contributed by atoms with Gasteiger partial charge < -0.3 is 29.4 Å². The fourth-order valence-electron chi connectivity index (χ4n) is 9.02. The number of para-hydroxylation sites is 1. The van der Waals surface area contributed by atoms with Crippen molar-refractivity contribution in [1.29, 1.82) is 0 Å². The van der Waals surface area contributed by atoms with Gasteiger partial charge in [0, 0.05) is 23.3 Å². The minimum absolute atomic E-state index is 0.0327. The Hall–Kier alpha value is -5.72. The summed E-state index contributed by atoms with van der Waals surface area (Å²) in [6.07, 6.45) is 4.12. The summed E-state index contributed by atoms with van der Waals surface area (Å²) in [7, 11) is -4.07. The summed E-state index contributed by atoms with van der Waals surface area (Å²) in [5.74, 6) is -2.76. The van der Waals surface area contributed by atoms with Gasteiger partial charge in [-0.3, -0.25) is 19.1 Å². The molecule has 5 aliphatic rings. The maximum atomic E-state index is 14.8. The van der Waals surface area contributed by atoms with E-state index in [1.165, 1.54) is 17.0 Å². The number of alkyl carbamates (subject to hydrolysis) is 1. The van der Waals surface area contributed by atoms with E-state index < -0.39 is 80.0 Å². The Labute approximate surface area is 366 Å². The number of furan rings is 1. The van der Waals surface area contributed by atoms with E-state index in [4.69, 9.17) is 13.9 Å². The van der Waals surface area contributed by atoms with Gasteiger partial charge in [-0.2, -0.15) is 18.2 Å². The standard InChI is InChI=1S/C45H49F3N6O9S/c1-43(21-22-43)64(59,60)53-41(57)44-24-28(44)11-5-3-2-4-6-15-32(49-42(58)62-29-12-7-8-13-29)40(56)54-25-30(23-33(54)38(55)52-44)61-39-36-35(31-14-9-10-16-34(31)63-36)50-37(51-39)26-17-19-27(20-18-26)45(46,47)48/h5,9-11,14,16-20,28-30,32-33H,2-4,6-8,12-13,15,21-25H2,1H3,(H,49,58)(H,52,55)(H,53,57)/b11-5-/t28-,30+,32+,33+,44-/m1/s1. The van der Waals surface area contributed by atoms with E-state index in [2.05, 4.69) is 25.3 Å². The number of aromatic nitrogens is 2. The molecule has 64 heavy (non-hydrogen) atoms. The lowest BCUT2D eigenvalue weighted by Gasteiger charge is -2.30. The molecular weight excluding hydrogens is 858 g/mol. The predicted octanol–water partition coefficient (Wildman–Crippen LogP) is 6.84. The van der Waals surface area contributed by atoms with Gasteiger partial charge in [-0.05, 0) is 95.4 Å². The second-order valence-corrected chi connectivity index (χ2v) is 20.1. The lowest BCUT2D eigenvalue weighted by Crippen LogP contribution is -2.58. The fraction of sp³-hybridized carbons (Fsp3) is 0.511. The second kappa shape index (κ2) is 16.7. The number of sulfonamides is 1. The lowest BCUT2D eigenvalue weighted by atomic mass is 10.0. The summed E-state index contributed by atoms with van der Waals surface area (Å²) in [6, 6.07) is 8.98. The lowest BCUT2D eigenvalue weighted by molar-refractivity contribution is -0.141. The van der Waals surface area contributed by atoms with E-state index >= 15 is 0 Å². The Morgan fingerprint density at radius 2 is 1.69 bits per heavy atom. The van der Waals surface area contributed by atoms with Gasteiger partial charge in [0.25, 0.3) is 11.8 Å². The average Bonchev–Trinajstić information content (AvgIpc) is 3.92. The number of rotatable bonds is 8. The van der Waals surface area contributed by atoms with Gasteiger partial charge in [0.05, 0.1) is 16.9 Å². The highest BCUT2D eigenvalue weighted by molar-refractivity contribution is 7.91. The van der Waals surface area contributed by atoms with E-state index in [0.29, 0.717) is 61.4 Å². The predicted molar refractivity (Wildman–Crippen MR) is 226 cm³/mol. The van der Waals surface area contributed by atoms with Crippen LogP contribution in [0.15, 0.2) is 65.1 Å². The number of hydrogen-bond donors (Lipinski definition) is 3. The first kappa shape index (κ1) is 43.5. The first-order valence-corrected chi connectivity index (χ1v) is 23.4. The normalized spacial score (nSPS) is 26.8. The molecule has 0 bridgehead atoms. The van der Waals surface area contributed by atoms with Crippen LogP contribution in [0.5, 0.6) is 5.88 Å². The highest BCUT2D eigenvalue weighted by Gasteiger charge is 2.63. The summed E-state index contributed by atoms with van der Waals surface area (Å²) in [5.41, 5.74) is -1.34. The third kappa shape index (κ3) is 8.62. The molecule has 0 unspecified atom stereocenters. The Morgan fingerprint density at radius 3 is 2.42 bits per heavy atom. The second-order valence-electron chi connectivity index (χ2n) is 17.9. The van der Waals surface area contributed by atoms with Crippen molar-refractivity contribution in [2.24, 2.45) is 5.92 Å². The summed E-state index contributed by atoms with van der Waals surface area (Å²) in [4.78, 5) is 67.3. The third-order valence-electron chi connectivity index (χ3n) is 13.3. The summed E-state index contributed by atoms with van der Waals surface area (Å²) in [5, 5.41) is 6.21. The van der Waals surface area contributed by atoms with E-state index in [1.54, 1.807) is 31.2 Å². The molecule has 15 nitrogen and oxygen atoms in total. The van der Waals surface area contributed by atoms with Crippen LogP contribution in [0.3, 0.4) is 0 Å². The molecule has 4 amide bonds. The Morgan fingerprint density at radius 1 is 0.953 bits per heavy atom. The van der Waals surface area contributed by atoms with Crippen molar-refractivity contribution in [2.75, 3.05) is 6.54 Å². The number of nitrogens with one attached hydrogen (secondary N) is 3. The molecule has 2 aromatic heterocycles. The van der Waals surface area contributed by atoms with Crippen LogP contribution in [-0.4, -0.2) is 88.2 Å². The topological polar surface area (TPSA) is 199 Å². The van der Waals surface area contributed by atoms with Gasteiger partial charge in [-0.1, -0.05) is 49.3 Å².